The van der Waals surface area contributed by atoms with Crippen molar-refractivity contribution in [2.75, 3.05) is 6.61 Å². The van der Waals surface area contributed by atoms with E-state index < -0.39 is 66.7 Å². The Morgan fingerprint density at radius 3 is 2.06 bits per heavy atom. The second-order valence-electron chi connectivity index (χ2n) is 6.47. The van der Waals surface area contributed by atoms with E-state index in [2.05, 4.69) is 10.1 Å². The van der Waals surface area contributed by atoms with E-state index in [1.165, 1.54) is 0 Å². The first-order valence-electron chi connectivity index (χ1n) is 8.98. The number of ether oxygens (including phenoxy) is 5. The highest BCUT2D eigenvalue weighted by Crippen LogP contribution is 2.34. The first-order chi connectivity index (χ1) is 14.5. The summed E-state index contributed by atoms with van der Waals surface area (Å²) in [5.41, 5.74) is -0.591. The fourth-order valence-corrected chi connectivity index (χ4v) is 3.20. The van der Waals surface area contributed by atoms with E-state index in [9.17, 15) is 24.0 Å². The second kappa shape index (κ2) is 10.3. The molecule has 1 aromatic heterocycles. The van der Waals surface area contributed by atoms with E-state index in [0.717, 1.165) is 38.6 Å². The summed E-state index contributed by atoms with van der Waals surface area (Å²) in [6, 6.07) is 0. The van der Waals surface area contributed by atoms with Crippen molar-refractivity contribution < 1.29 is 42.9 Å². The number of H-pyrrole nitrogens is 1. The molecule has 1 saturated heterocycles. The van der Waals surface area contributed by atoms with Gasteiger partial charge in [0, 0.05) is 27.7 Å². The highest BCUT2D eigenvalue weighted by Gasteiger charge is 2.53. The summed E-state index contributed by atoms with van der Waals surface area (Å²) in [5.74, 6) is -2.94. The van der Waals surface area contributed by atoms with E-state index in [1.807, 2.05) is 0 Å². The van der Waals surface area contributed by atoms with Gasteiger partial charge in [0.2, 0.25) is 0 Å². The van der Waals surface area contributed by atoms with Crippen molar-refractivity contribution >= 4 is 36.1 Å². The number of hydrogen-bond donors (Lipinski definition) is 1. The molecular weight excluding hydrogens is 438 g/mol. The maximum absolute atomic E-state index is 11.8. The third kappa shape index (κ3) is 6.42. The number of nitrogens with zero attached hydrogens (tertiary/aromatic N) is 2. The van der Waals surface area contributed by atoms with Crippen LogP contribution in [0.2, 0.25) is 0 Å². The fourth-order valence-electron chi connectivity index (χ4n) is 2.95. The average Bonchev–Trinajstić information content (AvgIpc) is 2.63. The SMILES string of the molecule is CC(=O)OC[C@H]1O[C@@H](n2ncc(=O)[nH]c2=S)[C@H](OC(C)=O)[C@@H](OC(C)=O)[C@@H]1OC(C)=O. The Labute approximate surface area is 180 Å². The van der Waals surface area contributed by atoms with Gasteiger partial charge >= 0.3 is 23.9 Å². The Hall–Kier alpha value is -3.13. The maximum atomic E-state index is 11.8. The summed E-state index contributed by atoms with van der Waals surface area (Å²) < 4.78 is 27.6. The lowest BCUT2D eigenvalue weighted by Crippen LogP contribution is -2.61. The van der Waals surface area contributed by atoms with Crippen LogP contribution in [0.5, 0.6) is 0 Å². The number of rotatable bonds is 6. The summed E-state index contributed by atoms with van der Waals surface area (Å²) in [6.45, 7) is 4.08. The van der Waals surface area contributed by atoms with Gasteiger partial charge < -0.3 is 23.7 Å². The van der Waals surface area contributed by atoms with Crippen molar-refractivity contribution in [3.8, 4) is 0 Å². The quantitative estimate of drug-likeness (QED) is 0.331. The smallest absolute Gasteiger partial charge is 0.303 e. The summed E-state index contributed by atoms with van der Waals surface area (Å²) in [5, 5.41) is 3.88. The lowest BCUT2D eigenvalue weighted by molar-refractivity contribution is -0.271. The second-order valence-corrected chi connectivity index (χ2v) is 6.86. The number of carbonyl (C=O) groups is 4. The average molecular weight is 459 g/mol. The molecule has 1 N–H and O–H groups in total. The molecule has 2 heterocycles. The molecule has 0 aromatic carbocycles. The predicted molar refractivity (Wildman–Crippen MR) is 101 cm³/mol. The van der Waals surface area contributed by atoms with Crippen molar-refractivity contribution in [2.24, 2.45) is 0 Å². The van der Waals surface area contributed by atoms with Crippen LogP contribution in [0.25, 0.3) is 0 Å². The van der Waals surface area contributed by atoms with Crippen LogP contribution in [0.15, 0.2) is 11.0 Å². The van der Waals surface area contributed by atoms with Crippen LogP contribution in [0, 0.1) is 4.77 Å². The van der Waals surface area contributed by atoms with Crippen molar-refractivity contribution in [1.82, 2.24) is 14.8 Å². The summed E-state index contributed by atoms with van der Waals surface area (Å²) in [4.78, 5) is 60.4. The monoisotopic (exact) mass is 459 g/mol. The molecule has 2 rings (SSSR count). The van der Waals surface area contributed by atoms with Crippen LogP contribution in [-0.2, 0) is 42.9 Å². The third-order valence-corrected chi connectivity index (χ3v) is 4.23. The standard InChI is InChI=1S/C17H21N3O10S/c1-7(21)26-6-11-13(27-8(2)22)14(28-9(3)23)15(29-10(4)24)16(30-11)20-17(31)19-12(25)5-18-20/h5,11,13-16H,6H2,1-4H3,(H,19,25,31)/t11-,13-,14+,15-,16-/m1/s1. The first-order valence-corrected chi connectivity index (χ1v) is 9.39. The first kappa shape index (κ1) is 24.1. The molecule has 170 valence electrons. The summed E-state index contributed by atoms with van der Waals surface area (Å²) >= 11 is 5.10. The molecule has 14 heteroatoms. The van der Waals surface area contributed by atoms with Gasteiger partial charge in [0.05, 0.1) is 0 Å². The van der Waals surface area contributed by atoms with Crippen molar-refractivity contribution in [3.05, 3.63) is 21.3 Å². The molecule has 1 aliphatic heterocycles. The van der Waals surface area contributed by atoms with Gasteiger partial charge in [0.1, 0.15) is 18.9 Å². The normalized spacial score (nSPS) is 25.2. The highest BCUT2D eigenvalue weighted by molar-refractivity contribution is 7.71. The van der Waals surface area contributed by atoms with E-state index in [-0.39, 0.29) is 4.77 Å². The fraction of sp³-hybridized carbons (Fsp3) is 0.588. The largest absolute Gasteiger partial charge is 0.463 e. The number of aromatic amines is 1. The zero-order chi connectivity index (χ0) is 23.3. The zero-order valence-electron chi connectivity index (χ0n) is 17.1. The van der Waals surface area contributed by atoms with Gasteiger partial charge in [-0.15, -0.1) is 0 Å². The van der Waals surface area contributed by atoms with Crippen LogP contribution in [0.3, 0.4) is 0 Å². The van der Waals surface area contributed by atoms with Gasteiger partial charge in [0.25, 0.3) is 5.56 Å². The van der Waals surface area contributed by atoms with Crippen LogP contribution in [0.1, 0.15) is 33.9 Å². The minimum Gasteiger partial charge on any atom is -0.463 e. The molecule has 31 heavy (non-hydrogen) atoms. The van der Waals surface area contributed by atoms with Crippen molar-refractivity contribution in [1.29, 1.82) is 0 Å². The minimum absolute atomic E-state index is 0.187. The Balaban J connectivity index is 2.60. The Kier molecular flexibility index (Phi) is 7.99. The number of nitrogens with one attached hydrogen (secondary N) is 1. The third-order valence-electron chi connectivity index (χ3n) is 3.94. The van der Waals surface area contributed by atoms with Crippen molar-refractivity contribution in [3.63, 3.8) is 0 Å². The maximum Gasteiger partial charge on any atom is 0.303 e. The molecule has 0 amide bonds. The minimum atomic E-state index is -1.38. The lowest BCUT2D eigenvalue weighted by Gasteiger charge is -2.44. The zero-order valence-corrected chi connectivity index (χ0v) is 17.9. The molecule has 0 radical (unpaired) electrons. The Bertz CT molecular complexity index is 973. The molecule has 5 atom stereocenters. The van der Waals surface area contributed by atoms with E-state index in [4.69, 9.17) is 35.9 Å². The Morgan fingerprint density at radius 2 is 1.55 bits per heavy atom. The molecule has 0 unspecified atom stereocenters. The molecule has 1 aromatic rings. The molecule has 1 aliphatic rings. The number of carbonyl (C=O) groups excluding carboxylic acids is 4. The van der Waals surface area contributed by atoms with Crippen LogP contribution < -0.4 is 5.56 Å². The summed E-state index contributed by atoms with van der Waals surface area (Å²) in [7, 11) is 0. The van der Waals surface area contributed by atoms with Gasteiger partial charge in [-0.2, -0.15) is 5.10 Å². The van der Waals surface area contributed by atoms with Gasteiger partial charge in [-0.3, -0.25) is 29.0 Å². The van der Waals surface area contributed by atoms with Gasteiger partial charge in [-0.25, -0.2) is 4.68 Å². The Morgan fingerprint density at radius 1 is 1.00 bits per heavy atom. The molecule has 0 aliphatic carbocycles. The van der Waals surface area contributed by atoms with Crippen molar-refractivity contribution in [2.45, 2.75) is 58.3 Å². The molecule has 0 saturated carbocycles. The van der Waals surface area contributed by atoms with E-state index in [1.54, 1.807) is 0 Å². The van der Waals surface area contributed by atoms with Crippen LogP contribution >= 0.6 is 12.2 Å². The highest BCUT2D eigenvalue weighted by atomic mass is 32.1. The molecule has 1 fully saturated rings. The molecule has 0 spiro atoms. The topological polar surface area (TPSA) is 165 Å². The molecule has 0 bridgehead atoms. The number of hydrogen-bond acceptors (Lipinski definition) is 12. The number of aromatic nitrogens is 3. The van der Waals surface area contributed by atoms with E-state index in [0.29, 0.717) is 0 Å². The number of esters is 4. The van der Waals surface area contributed by atoms with Gasteiger partial charge in [-0.1, -0.05) is 0 Å². The summed E-state index contributed by atoms with van der Waals surface area (Å²) in [6.07, 6.45) is -5.65. The lowest BCUT2D eigenvalue weighted by atomic mass is 9.97. The van der Waals surface area contributed by atoms with Crippen LogP contribution in [0.4, 0.5) is 0 Å². The van der Waals surface area contributed by atoms with Gasteiger partial charge in [-0.05, 0) is 12.2 Å². The molecular formula is C17H21N3O10S. The predicted octanol–water partition coefficient (Wildman–Crippen LogP) is -0.444. The van der Waals surface area contributed by atoms with E-state index >= 15 is 0 Å². The van der Waals surface area contributed by atoms with Crippen LogP contribution in [-0.4, -0.2) is 69.7 Å². The van der Waals surface area contributed by atoms with Gasteiger partial charge in [0.15, 0.2) is 29.3 Å². The molecule has 13 nitrogen and oxygen atoms in total.